The fourth-order valence-electron chi connectivity index (χ4n) is 2.40. The van der Waals surface area contributed by atoms with E-state index in [9.17, 15) is 4.79 Å². The molecule has 0 aliphatic rings. The lowest BCUT2D eigenvalue weighted by Crippen LogP contribution is -2.30. The molecule has 25 heavy (non-hydrogen) atoms. The Bertz CT molecular complexity index is 875. The van der Waals surface area contributed by atoms with Crippen LogP contribution >= 0.6 is 11.6 Å². The van der Waals surface area contributed by atoms with Crippen molar-refractivity contribution in [3.63, 3.8) is 0 Å². The number of aryl methyl sites for hydroxylation is 1. The Labute approximate surface area is 150 Å². The molecule has 2 aromatic carbocycles. The lowest BCUT2D eigenvalue weighted by atomic mass is 10.1. The van der Waals surface area contributed by atoms with Gasteiger partial charge in [-0.3, -0.25) is 4.79 Å². The van der Waals surface area contributed by atoms with Crippen molar-refractivity contribution in [2.24, 2.45) is 0 Å². The highest BCUT2D eigenvalue weighted by atomic mass is 35.5. The van der Waals surface area contributed by atoms with Gasteiger partial charge >= 0.3 is 0 Å². The Kier molecular flexibility index (Phi) is 5.09. The summed E-state index contributed by atoms with van der Waals surface area (Å²) in [4.78, 5) is 13.5. The highest BCUT2D eigenvalue weighted by Crippen LogP contribution is 2.17. The number of benzene rings is 2. The van der Waals surface area contributed by atoms with E-state index in [0.29, 0.717) is 10.8 Å². The van der Waals surface area contributed by atoms with Crippen molar-refractivity contribution in [1.82, 2.24) is 25.5 Å². The van der Waals surface area contributed by atoms with E-state index in [0.717, 1.165) is 16.7 Å². The molecule has 0 aliphatic heterocycles. The van der Waals surface area contributed by atoms with E-state index in [1.54, 1.807) is 6.07 Å². The molecule has 1 amide bonds. The summed E-state index contributed by atoms with van der Waals surface area (Å²) in [5, 5.41) is 15.7. The summed E-state index contributed by atoms with van der Waals surface area (Å²) in [6.45, 7) is 3.92. The van der Waals surface area contributed by atoms with Crippen molar-refractivity contribution in [3.8, 4) is 11.4 Å². The van der Waals surface area contributed by atoms with Crippen molar-refractivity contribution in [2.75, 3.05) is 0 Å². The highest BCUT2D eigenvalue weighted by Gasteiger charge is 2.13. The van der Waals surface area contributed by atoms with Gasteiger partial charge in [0.15, 0.2) is 0 Å². The molecule has 0 radical (unpaired) electrons. The van der Waals surface area contributed by atoms with Crippen LogP contribution in [0.3, 0.4) is 0 Å². The molecule has 0 saturated heterocycles. The van der Waals surface area contributed by atoms with Crippen LogP contribution in [0.25, 0.3) is 11.4 Å². The number of tetrazole rings is 1. The normalized spacial score (nSPS) is 12.0. The zero-order valence-corrected chi connectivity index (χ0v) is 14.7. The number of amides is 1. The molecule has 1 heterocycles. The molecule has 1 atom stereocenters. The van der Waals surface area contributed by atoms with E-state index in [-0.39, 0.29) is 18.5 Å². The number of hydrogen-bond acceptors (Lipinski definition) is 4. The van der Waals surface area contributed by atoms with E-state index in [1.165, 1.54) is 4.80 Å². The van der Waals surface area contributed by atoms with E-state index in [2.05, 4.69) is 20.7 Å². The second kappa shape index (κ2) is 7.44. The van der Waals surface area contributed by atoms with Crippen molar-refractivity contribution in [2.45, 2.75) is 26.4 Å². The molecule has 0 spiro atoms. The Hall–Kier alpha value is -2.73. The lowest BCUT2D eigenvalue weighted by molar-refractivity contribution is -0.122. The van der Waals surface area contributed by atoms with E-state index >= 15 is 0 Å². The Morgan fingerprint density at radius 3 is 2.72 bits per heavy atom. The standard InChI is InChI=1S/C18H18ClN5O/c1-12-6-8-14(9-7-12)18-21-23-24(22-18)11-17(25)20-13(2)15-4-3-5-16(19)10-15/h3-10,13H,11H2,1-2H3,(H,20,25)/t13-/m1/s1. The maximum atomic E-state index is 12.2. The molecule has 3 rings (SSSR count). The number of nitrogens with one attached hydrogen (secondary N) is 1. The summed E-state index contributed by atoms with van der Waals surface area (Å²) in [6.07, 6.45) is 0. The van der Waals surface area contributed by atoms with Crippen LogP contribution in [0.15, 0.2) is 48.5 Å². The van der Waals surface area contributed by atoms with Crippen LogP contribution in [0.2, 0.25) is 5.02 Å². The summed E-state index contributed by atoms with van der Waals surface area (Å²) in [5.74, 6) is 0.302. The lowest BCUT2D eigenvalue weighted by Gasteiger charge is -2.14. The highest BCUT2D eigenvalue weighted by molar-refractivity contribution is 6.30. The van der Waals surface area contributed by atoms with Gasteiger partial charge in [-0.25, -0.2) is 0 Å². The van der Waals surface area contributed by atoms with Gasteiger partial charge in [0.25, 0.3) is 0 Å². The van der Waals surface area contributed by atoms with Crippen LogP contribution < -0.4 is 5.32 Å². The molecule has 0 aliphatic carbocycles. The average molecular weight is 356 g/mol. The Balaban J connectivity index is 1.62. The molecule has 1 N–H and O–H groups in total. The molecular weight excluding hydrogens is 338 g/mol. The molecule has 0 saturated carbocycles. The first-order chi connectivity index (χ1) is 12.0. The van der Waals surface area contributed by atoms with Crippen molar-refractivity contribution in [3.05, 3.63) is 64.7 Å². The number of hydrogen-bond donors (Lipinski definition) is 1. The predicted octanol–water partition coefficient (Wildman–Crippen LogP) is 3.18. The molecule has 6 nitrogen and oxygen atoms in total. The van der Waals surface area contributed by atoms with E-state index in [1.807, 2.05) is 56.3 Å². The average Bonchev–Trinajstić information content (AvgIpc) is 3.03. The maximum Gasteiger partial charge on any atom is 0.244 e. The third kappa shape index (κ3) is 4.42. The number of carbonyl (C=O) groups excluding carboxylic acids is 1. The molecule has 3 aromatic rings. The first kappa shape index (κ1) is 17.1. The summed E-state index contributed by atoms with van der Waals surface area (Å²) in [7, 11) is 0. The van der Waals surface area contributed by atoms with Crippen molar-refractivity contribution in [1.29, 1.82) is 0 Å². The fourth-order valence-corrected chi connectivity index (χ4v) is 2.60. The smallest absolute Gasteiger partial charge is 0.244 e. The van der Waals surface area contributed by atoms with Gasteiger partial charge in [-0.05, 0) is 36.8 Å². The quantitative estimate of drug-likeness (QED) is 0.763. The molecular formula is C18H18ClN5O. The van der Waals surface area contributed by atoms with Crippen LogP contribution in [0.4, 0.5) is 0 Å². The largest absolute Gasteiger partial charge is 0.348 e. The summed E-state index contributed by atoms with van der Waals surface area (Å²) >= 11 is 5.98. The van der Waals surface area contributed by atoms with Crippen LogP contribution in [0.1, 0.15) is 24.1 Å². The number of nitrogens with zero attached hydrogens (tertiary/aromatic N) is 4. The maximum absolute atomic E-state index is 12.2. The SMILES string of the molecule is Cc1ccc(-c2nnn(CC(=O)N[C@H](C)c3cccc(Cl)c3)n2)cc1. The first-order valence-electron chi connectivity index (χ1n) is 7.91. The van der Waals surface area contributed by atoms with Gasteiger partial charge in [0.1, 0.15) is 6.54 Å². The second-order valence-electron chi connectivity index (χ2n) is 5.85. The van der Waals surface area contributed by atoms with Crippen molar-refractivity contribution < 1.29 is 4.79 Å². The summed E-state index contributed by atoms with van der Waals surface area (Å²) in [5.41, 5.74) is 2.96. The second-order valence-corrected chi connectivity index (χ2v) is 6.29. The monoisotopic (exact) mass is 355 g/mol. The summed E-state index contributed by atoms with van der Waals surface area (Å²) in [6, 6.07) is 15.1. The summed E-state index contributed by atoms with van der Waals surface area (Å²) < 4.78 is 0. The predicted molar refractivity (Wildman–Crippen MR) is 96.0 cm³/mol. The van der Waals surface area contributed by atoms with Gasteiger partial charge in [0.05, 0.1) is 6.04 Å². The third-order valence-corrected chi connectivity index (χ3v) is 4.01. The topological polar surface area (TPSA) is 72.7 Å². The zero-order chi connectivity index (χ0) is 17.8. The van der Waals surface area contributed by atoms with Gasteiger partial charge in [0, 0.05) is 10.6 Å². The fraction of sp³-hybridized carbons (Fsp3) is 0.222. The van der Waals surface area contributed by atoms with Gasteiger partial charge in [-0.15, -0.1) is 10.2 Å². The van der Waals surface area contributed by atoms with E-state index < -0.39 is 0 Å². The van der Waals surface area contributed by atoms with Gasteiger partial charge in [-0.2, -0.15) is 4.80 Å². The van der Waals surface area contributed by atoms with Crippen LogP contribution in [0.5, 0.6) is 0 Å². The Morgan fingerprint density at radius 2 is 2.00 bits per heavy atom. The molecule has 1 aromatic heterocycles. The third-order valence-electron chi connectivity index (χ3n) is 3.77. The molecule has 7 heteroatoms. The van der Waals surface area contributed by atoms with Gasteiger partial charge < -0.3 is 5.32 Å². The number of halogens is 1. The number of carbonyl (C=O) groups is 1. The molecule has 0 bridgehead atoms. The molecule has 128 valence electrons. The minimum atomic E-state index is -0.194. The van der Waals surface area contributed by atoms with Crippen LogP contribution in [0, 0.1) is 6.92 Å². The molecule has 0 unspecified atom stereocenters. The van der Waals surface area contributed by atoms with Gasteiger partial charge in [0.2, 0.25) is 11.7 Å². The number of rotatable bonds is 5. The minimum Gasteiger partial charge on any atom is -0.348 e. The molecule has 0 fully saturated rings. The van der Waals surface area contributed by atoms with Crippen LogP contribution in [-0.4, -0.2) is 26.1 Å². The first-order valence-corrected chi connectivity index (χ1v) is 8.29. The minimum absolute atomic E-state index is 0.00374. The number of aromatic nitrogens is 4. The van der Waals surface area contributed by atoms with Crippen LogP contribution in [-0.2, 0) is 11.3 Å². The van der Waals surface area contributed by atoms with E-state index in [4.69, 9.17) is 11.6 Å². The Morgan fingerprint density at radius 1 is 1.24 bits per heavy atom. The van der Waals surface area contributed by atoms with Crippen molar-refractivity contribution >= 4 is 17.5 Å². The zero-order valence-electron chi connectivity index (χ0n) is 14.0. The van der Waals surface area contributed by atoms with Gasteiger partial charge in [-0.1, -0.05) is 53.6 Å².